The van der Waals surface area contributed by atoms with Crippen LogP contribution in [0.15, 0.2) is 17.1 Å². The van der Waals surface area contributed by atoms with Crippen LogP contribution in [0, 0.1) is 0 Å². The molecule has 0 aliphatic carbocycles. The van der Waals surface area contributed by atoms with Gasteiger partial charge in [0.15, 0.2) is 0 Å². The summed E-state index contributed by atoms with van der Waals surface area (Å²) in [6, 6.07) is 1.51. The van der Waals surface area contributed by atoms with E-state index in [-0.39, 0.29) is 6.04 Å². The van der Waals surface area contributed by atoms with Crippen molar-refractivity contribution in [2.24, 2.45) is 0 Å². The van der Waals surface area contributed by atoms with E-state index in [1.54, 1.807) is 0 Å². The molecule has 2 atom stereocenters. The van der Waals surface area contributed by atoms with Crippen LogP contribution in [-0.4, -0.2) is 39.3 Å². The van der Waals surface area contributed by atoms with E-state index < -0.39 is 37.0 Å². The Balaban J connectivity index is 2.27. The molecule has 0 bridgehead atoms. The first-order valence-corrected chi connectivity index (χ1v) is 6.33. The fourth-order valence-corrected chi connectivity index (χ4v) is 2.08. The molecule has 1 fully saturated rings. The minimum Gasteiger partial charge on any atom is -0.394 e. The molecule has 1 saturated heterocycles. The molecule has 1 aliphatic heterocycles. The van der Waals surface area contributed by atoms with Gasteiger partial charge in [-0.1, -0.05) is 0 Å². The van der Waals surface area contributed by atoms with Crippen molar-refractivity contribution in [3.63, 3.8) is 0 Å². The Hall–Kier alpha value is -1.54. The van der Waals surface area contributed by atoms with Gasteiger partial charge in [0.2, 0.25) is 6.23 Å². The van der Waals surface area contributed by atoms with E-state index in [2.05, 4.69) is 10.3 Å². The Kier molecular flexibility index (Phi) is 4.05. The highest BCUT2D eigenvalue weighted by atomic mass is 19.3. The SMILES string of the molecule is CC(C)Nc1ccn(C2OC(CO)CC2(F)F)c(=O)n1. The summed E-state index contributed by atoms with van der Waals surface area (Å²) in [5, 5.41) is 11.8. The Bertz CT molecular complexity index is 533. The summed E-state index contributed by atoms with van der Waals surface area (Å²) in [6.45, 7) is 3.22. The van der Waals surface area contributed by atoms with E-state index in [1.807, 2.05) is 13.8 Å². The van der Waals surface area contributed by atoms with E-state index in [9.17, 15) is 13.6 Å². The summed E-state index contributed by atoms with van der Waals surface area (Å²) < 4.78 is 33.3. The lowest BCUT2D eigenvalue weighted by atomic mass is 10.2. The van der Waals surface area contributed by atoms with Gasteiger partial charge in [0, 0.05) is 18.7 Å². The molecule has 1 aromatic rings. The summed E-state index contributed by atoms with van der Waals surface area (Å²) in [7, 11) is 0. The van der Waals surface area contributed by atoms with Crippen molar-refractivity contribution in [3.05, 3.63) is 22.7 Å². The lowest BCUT2D eigenvalue weighted by molar-refractivity contribution is -0.120. The second kappa shape index (κ2) is 5.45. The first-order valence-electron chi connectivity index (χ1n) is 6.33. The lowest BCUT2D eigenvalue weighted by Crippen LogP contribution is -2.35. The average molecular weight is 289 g/mol. The molecule has 0 radical (unpaired) electrons. The summed E-state index contributed by atoms with van der Waals surface area (Å²) in [5.74, 6) is -2.90. The molecule has 0 spiro atoms. The van der Waals surface area contributed by atoms with E-state index in [1.165, 1.54) is 12.3 Å². The number of alkyl halides is 2. The molecule has 112 valence electrons. The number of hydrogen-bond acceptors (Lipinski definition) is 5. The molecular weight excluding hydrogens is 272 g/mol. The third-order valence-corrected chi connectivity index (χ3v) is 2.91. The third-order valence-electron chi connectivity index (χ3n) is 2.91. The highest BCUT2D eigenvalue weighted by Gasteiger charge is 2.51. The van der Waals surface area contributed by atoms with Crippen LogP contribution in [0.1, 0.15) is 26.5 Å². The van der Waals surface area contributed by atoms with Crippen molar-refractivity contribution in [1.82, 2.24) is 9.55 Å². The van der Waals surface area contributed by atoms with Gasteiger partial charge in [-0.3, -0.25) is 4.57 Å². The molecule has 0 saturated carbocycles. The highest BCUT2D eigenvalue weighted by molar-refractivity contribution is 5.32. The molecule has 2 rings (SSSR count). The maximum absolute atomic E-state index is 13.8. The maximum atomic E-state index is 13.8. The Morgan fingerprint density at radius 2 is 2.35 bits per heavy atom. The molecule has 1 aromatic heterocycles. The molecule has 2 unspecified atom stereocenters. The quantitative estimate of drug-likeness (QED) is 0.864. The van der Waals surface area contributed by atoms with Gasteiger partial charge in [-0.15, -0.1) is 0 Å². The highest BCUT2D eigenvalue weighted by Crippen LogP contribution is 2.41. The fraction of sp³-hybridized carbons (Fsp3) is 0.667. The Labute approximate surface area is 114 Å². The van der Waals surface area contributed by atoms with Gasteiger partial charge < -0.3 is 15.2 Å². The minimum absolute atomic E-state index is 0.0701. The van der Waals surface area contributed by atoms with E-state index in [4.69, 9.17) is 9.84 Å². The summed E-state index contributed by atoms with van der Waals surface area (Å²) >= 11 is 0. The zero-order chi connectivity index (χ0) is 14.9. The predicted octanol–water partition coefficient (Wildman–Crippen LogP) is 0.979. The molecule has 2 N–H and O–H groups in total. The van der Waals surface area contributed by atoms with Crippen LogP contribution in [0.4, 0.5) is 14.6 Å². The number of halogens is 2. The van der Waals surface area contributed by atoms with Crippen LogP contribution >= 0.6 is 0 Å². The zero-order valence-electron chi connectivity index (χ0n) is 11.2. The Morgan fingerprint density at radius 1 is 1.65 bits per heavy atom. The number of aliphatic hydroxyl groups excluding tert-OH is 1. The molecule has 0 amide bonds. The average Bonchev–Trinajstić information content (AvgIpc) is 2.64. The number of aliphatic hydroxyl groups is 1. The second-order valence-corrected chi connectivity index (χ2v) is 5.06. The van der Waals surface area contributed by atoms with E-state index in [0.29, 0.717) is 5.82 Å². The summed E-state index contributed by atoms with van der Waals surface area (Å²) in [5.41, 5.74) is -0.820. The largest absolute Gasteiger partial charge is 0.394 e. The minimum atomic E-state index is -3.22. The molecule has 0 aromatic carbocycles. The van der Waals surface area contributed by atoms with Crippen LogP contribution < -0.4 is 11.0 Å². The van der Waals surface area contributed by atoms with Crippen LogP contribution in [0.25, 0.3) is 0 Å². The smallest absolute Gasteiger partial charge is 0.351 e. The molecule has 6 nitrogen and oxygen atoms in total. The normalized spacial score (nSPS) is 25.1. The molecule has 2 heterocycles. The van der Waals surface area contributed by atoms with Gasteiger partial charge >= 0.3 is 5.69 Å². The Morgan fingerprint density at radius 3 is 2.85 bits per heavy atom. The first-order chi connectivity index (χ1) is 9.33. The van der Waals surface area contributed by atoms with Gasteiger partial charge in [0.05, 0.1) is 12.7 Å². The zero-order valence-corrected chi connectivity index (χ0v) is 11.2. The number of anilines is 1. The number of hydrogen-bond donors (Lipinski definition) is 2. The number of aromatic nitrogens is 2. The van der Waals surface area contributed by atoms with Gasteiger partial charge in [-0.2, -0.15) is 4.98 Å². The van der Waals surface area contributed by atoms with Crippen LogP contribution in [-0.2, 0) is 4.74 Å². The summed E-state index contributed by atoms with van der Waals surface area (Å²) in [6.07, 6.45) is -2.10. The van der Waals surface area contributed by atoms with Crippen molar-refractivity contribution >= 4 is 5.82 Å². The van der Waals surface area contributed by atoms with Crippen LogP contribution in [0.5, 0.6) is 0 Å². The van der Waals surface area contributed by atoms with E-state index >= 15 is 0 Å². The molecule has 20 heavy (non-hydrogen) atoms. The van der Waals surface area contributed by atoms with Crippen LogP contribution in [0.2, 0.25) is 0 Å². The monoisotopic (exact) mass is 289 g/mol. The van der Waals surface area contributed by atoms with Crippen molar-refractivity contribution < 1.29 is 18.6 Å². The predicted molar refractivity (Wildman–Crippen MR) is 67.8 cm³/mol. The molecule has 8 heteroatoms. The first kappa shape index (κ1) is 14.9. The van der Waals surface area contributed by atoms with Crippen LogP contribution in [0.3, 0.4) is 0 Å². The van der Waals surface area contributed by atoms with E-state index in [0.717, 1.165) is 4.57 Å². The molecular formula is C12H17F2N3O3. The van der Waals surface area contributed by atoms with Crippen molar-refractivity contribution in [3.8, 4) is 0 Å². The van der Waals surface area contributed by atoms with Gasteiger partial charge in [0.1, 0.15) is 5.82 Å². The second-order valence-electron chi connectivity index (χ2n) is 5.06. The lowest BCUT2D eigenvalue weighted by Gasteiger charge is -2.20. The standard InChI is InChI=1S/C12H17F2N3O3/c1-7(2)15-9-3-4-17(11(19)16-9)10-12(13,14)5-8(6-18)20-10/h3-4,7-8,10,18H,5-6H2,1-2H3,(H,15,16,19). The number of ether oxygens (including phenoxy) is 1. The van der Waals surface area contributed by atoms with Crippen molar-refractivity contribution in [2.75, 3.05) is 11.9 Å². The van der Waals surface area contributed by atoms with Gasteiger partial charge in [-0.05, 0) is 19.9 Å². The van der Waals surface area contributed by atoms with Gasteiger partial charge in [-0.25, -0.2) is 13.6 Å². The number of nitrogens with one attached hydrogen (secondary N) is 1. The topological polar surface area (TPSA) is 76.4 Å². The van der Waals surface area contributed by atoms with Crippen molar-refractivity contribution in [1.29, 1.82) is 0 Å². The van der Waals surface area contributed by atoms with Gasteiger partial charge in [0.25, 0.3) is 5.92 Å². The summed E-state index contributed by atoms with van der Waals surface area (Å²) in [4.78, 5) is 15.5. The third kappa shape index (κ3) is 2.96. The number of rotatable bonds is 4. The number of nitrogens with zero attached hydrogens (tertiary/aromatic N) is 2. The maximum Gasteiger partial charge on any atom is 0.351 e. The van der Waals surface area contributed by atoms with Crippen molar-refractivity contribution in [2.45, 2.75) is 44.6 Å². The fourth-order valence-electron chi connectivity index (χ4n) is 2.08. The molecule has 1 aliphatic rings.